The first kappa shape index (κ1) is 14.3. The van der Waals surface area contributed by atoms with E-state index in [1.807, 2.05) is 6.07 Å². The van der Waals surface area contributed by atoms with E-state index in [-0.39, 0.29) is 23.7 Å². The van der Waals surface area contributed by atoms with Crippen LogP contribution in [0.4, 0.5) is 4.39 Å². The molecule has 0 aliphatic heterocycles. The summed E-state index contributed by atoms with van der Waals surface area (Å²) >= 11 is 1.58. The molecule has 19 heavy (non-hydrogen) atoms. The van der Waals surface area contributed by atoms with Crippen LogP contribution in [0.1, 0.15) is 24.8 Å². The maximum absolute atomic E-state index is 13.6. The molecule has 0 saturated heterocycles. The van der Waals surface area contributed by atoms with Gasteiger partial charge in [-0.25, -0.2) is 4.39 Å². The fraction of sp³-hybridized carbons (Fsp3) is 0.500. The predicted molar refractivity (Wildman–Crippen MR) is 73.3 cm³/mol. The zero-order chi connectivity index (χ0) is 13.9. The fourth-order valence-corrected chi connectivity index (χ4v) is 3.41. The lowest BCUT2D eigenvalue weighted by Gasteiger charge is -2.14. The summed E-state index contributed by atoms with van der Waals surface area (Å²) in [5, 5.41) is 0. The minimum Gasteiger partial charge on any atom is -0.469 e. The van der Waals surface area contributed by atoms with Crippen molar-refractivity contribution in [2.45, 2.75) is 30.7 Å². The number of halogens is 1. The third-order valence-corrected chi connectivity index (χ3v) is 4.97. The molecule has 1 aromatic carbocycles. The summed E-state index contributed by atoms with van der Waals surface area (Å²) in [6, 6.07) is 4.99. The Kier molecular flexibility index (Phi) is 4.47. The molecule has 0 bridgehead atoms. The molecule has 3 nitrogen and oxygen atoms in total. The molecule has 0 radical (unpaired) electrons. The van der Waals surface area contributed by atoms with E-state index in [9.17, 15) is 9.18 Å². The number of hydrogen-bond acceptors (Lipinski definition) is 4. The van der Waals surface area contributed by atoms with Gasteiger partial charge in [-0.2, -0.15) is 0 Å². The van der Waals surface area contributed by atoms with Crippen molar-refractivity contribution in [3.8, 4) is 0 Å². The number of carbonyl (C=O) groups excluding carboxylic acids is 1. The molecule has 0 unspecified atom stereocenters. The van der Waals surface area contributed by atoms with Crippen LogP contribution in [0.5, 0.6) is 0 Å². The van der Waals surface area contributed by atoms with Crippen LogP contribution in [0.15, 0.2) is 23.1 Å². The molecular formula is C14H18FNO2S. The first-order valence-corrected chi connectivity index (χ1v) is 7.26. The van der Waals surface area contributed by atoms with Crippen LogP contribution in [0.25, 0.3) is 0 Å². The van der Waals surface area contributed by atoms with Crippen molar-refractivity contribution in [1.82, 2.24) is 0 Å². The average molecular weight is 283 g/mol. The largest absolute Gasteiger partial charge is 0.469 e. The predicted octanol–water partition coefficient (Wildman–Crippen LogP) is 2.72. The number of esters is 1. The molecule has 1 aliphatic carbocycles. The van der Waals surface area contributed by atoms with Gasteiger partial charge in [0.05, 0.1) is 13.5 Å². The molecule has 1 fully saturated rings. The third-order valence-electron chi connectivity index (χ3n) is 3.52. The van der Waals surface area contributed by atoms with E-state index in [1.54, 1.807) is 17.8 Å². The number of ether oxygens (including phenoxy) is 1. The van der Waals surface area contributed by atoms with E-state index in [0.717, 1.165) is 23.5 Å². The molecule has 0 heterocycles. The van der Waals surface area contributed by atoms with E-state index >= 15 is 0 Å². The summed E-state index contributed by atoms with van der Waals surface area (Å²) in [5.74, 6) is 0.375. The Morgan fingerprint density at radius 2 is 2.26 bits per heavy atom. The average Bonchev–Trinajstić information content (AvgIpc) is 3.16. The molecule has 104 valence electrons. The normalized spacial score (nSPS) is 16.2. The van der Waals surface area contributed by atoms with Gasteiger partial charge in [-0.3, -0.25) is 4.79 Å². The van der Waals surface area contributed by atoms with E-state index in [0.29, 0.717) is 12.0 Å². The topological polar surface area (TPSA) is 52.3 Å². The second-order valence-corrected chi connectivity index (χ2v) is 5.98. The Bertz CT molecular complexity index is 475. The number of methoxy groups -OCH3 is 1. The van der Waals surface area contributed by atoms with Gasteiger partial charge in [-0.15, -0.1) is 11.8 Å². The Labute approximate surface area is 116 Å². The minimum absolute atomic E-state index is 0.0376. The highest BCUT2D eigenvalue weighted by Crippen LogP contribution is 2.52. The van der Waals surface area contributed by atoms with Gasteiger partial charge < -0.3 is 10.5 Å². The van der Waals surface area contributed by atoms with Crippen molar-refractivity contribution >= 4 is 17.7 Å². The molecule has 5 heteroatoms. The van der Waals surface area contributed by atoms with E-state index in [4.69, 9.17) is 10.5 Å². The van der Waals surface area contributed by atoms with Crippen LogP contribution in [0.3, 0.4) is 0 Å². The van der Waals surface area contributed by atoms with Crippen LogP contribution in [0.2, 0.25) is 0 Å². The Balaban J connectivity index is 1.99. The van der Waals surface area contributed by atoms with Crippen LogP contribution < -0.4 is 5.73 Å². The molecule has 0 aromatic heterocycles. The molecule has 1 saturated carbocycles. The second kappa shape index (κ2) is 5.92. The number of carbonyl (C=O) groups is 1. The minimum atomic E-state index is -0.259. The summed E-state index contributed by atoms with van der Waals surface area (Å²) in [7, 11) is 1.41. The summed E-state index contributed by atoms with van der Waals surface area (Å²) in [6.45, 7) is 0.193. The van der Waals surface area contributed by atoms with E-state index in [2.05, 4.69) is 0 Å². The lowest BCUT2D eigenvalue weighted by Crippen LogP contribution is -2.13. The van der Waals surface area contributed by atoms with Gasteiger partial charge in [0, 0.05) is 22.8 Å². The molecule has 1 aliphatic rings. The van der Waals surface area contributed by atoms with Crippen molar-refractivity contribution in [2.24, 2.45) is 11.1 Å². The van der Waals surface area contributed by atoms with Crippen LogP contribution >= 0.6 is 11.8 Å². The molecule has 2 rings (SSSR count). The molecule has 2 N–H and O–H groups in total. The second-order valence-electron chi connectivity index (χ2n) is 4.96. The maximum atomic E-state index is 13.6. The molecular weight excluding hydrogens is 265 g/mol. The van der Waals surface area contributed by atoms with Gasteiger partial charge in [-0.1, -0.05) is 6.07 Å². The fourth-order valence-electron chi connectivity index (χ4n) is 2.03. The highest BCUT2D eigenvalue weighted by Gasteiger charge is 2.44. The SMILES string of the molecule is COC(=O)CC1(CSc2cccc(F)c2CN)CC1. The van der Waals surface area contributed by atoms with Gasteiger partial charge in [-0.05, 0) is 30.4 Å². The van der Waals surface area contributed by atoms with Crippen molar-refractivity contribution < 1.29 is 13.9 Å². The molecule has 0 amide bonds. The van der Waals surface area contributed by atoms with Crippen molar-refractivity contribution in [3.63, 3.8) is 0 Å². The van der Waals surface area contributed by atoms with Crippen molar-refractivity contribution in [2.75, 3.05) is 12.9 Å². The number of rotatable bonds is 6. The molecule has 0 atom stereocenters. The zero-order valence-corrected chi connectivity index (χ0v) is 11.8. The van der Waals surface area contributed by atoms with Gasteiger partial charge in [0.25, 0.3) is 0 Å². The van der Waals surface area contributed by atoms with E-state index < -0.39 is 0 Å². The van der Waals surface area contributed by atoms with Gasteiger partial charge in [0.1, 0.15) is 5.82 Å². The first-order valence-electron chi connectivity index (χ1n) is 6.27. The molecule has 0 spiro atoms. The lowest BCUT2D eigenvalue weighted by atomic mass is 10.1. The van der Waals surface area contributed by atoms with Gasteiger partial charge >= 0.3 is 5.97 Å². The number of benzene rings is 1. The Morgan fingerprint density at radius 1 is 1.53 bits per heavy atom. The summed E-state index contributed by atoms with van der Waals surface area (Å²) in [5.41, 5.74) is 6.18. The standard InChI is InChI=1S/C14H18FNO2S/c1-18-13(17)7-14(5-6-14)9-19-12-4-2-3-11(15)10(12)8-16/h2-4H,5-9,16H2,1H3. The summed E-state index contributed by atoms with van der Waals surface area (Å²) in [4.78, 5) is 12.2. The van der Waals surface area contributed by atoms with Gasteiger partial charge in [0.2, 0.25) is 0 Å². The summed E-state index contributed by atoms with van der Waals surface area (Å²) in [6.07, 6.45) is 2.51. The quantitative estimate of drug-likeness (QED) is 0.644. The van der Waals surface area contributed by atoms with Crippen LogP contribution in [0, 0.1) is 11.2 Å². The highest BCUT2D eigenvalue weighted by molar-refractivity contribution is 7.99. The highest BCUT2D eigenvalue weighted by atomic mass is 32.2. The Morgan fingerprint density at radius 3 is 2.84 bits per heavy atom. The number of nitrogens with two attached hydrogens (primary N) is 1. The number of thioether (sulfide) groups is 1. The first-order chi connectivity index (χ1) is 9.10. The van der Waals surface area contributed by atoms with Crippen molar-refractivity contribution in [1.29, 1.82) is 0 Å². The van der Waals surface area contributed by atoms with E-state index in [1.165, 1.54) is 13.2 Å². The lowest BCUT2D eigenvalue weighted by molar-refractivity contribution is -0.141. The monoisotopic (exact) mass is 283 g/mol. The maximum Gasteiger partial charge on any atom is 0.306 e. The zero-order valence-electron chi connectivity index (χ0n) is 10.9. The third kappa shape index (κ3) is 3.48. The molecule has 1 aromatic rings. The Hall–Kier alpha value is -1.07. The van der Waals surface area contributed by atoms with Crippen molar-refractivity contribution in [3.05, 3.63) is 29.6 Å². The van der Waals surface area contributed by atoms with Crippen LogP contribution in [-0.4, -0.2) is 18.8 Å². The number of hydrogen-bond donors (Lipinski definition) is 1. The smallest absolute Gasteiger partial charge is 0.306 e. The summed E-state index contributed by atoms with van der Waals surface area (Å²) < 4.78 is 18.3. The van der Waals surface area contributed by atoms with Crippen LogP contribution in [-0.2, 0) is 16.1 Å². The van der Waals surface area contributed by atoms with Gasteiger partial charge in [0.15, 0.2) is 0 Å².